The molecular weight excluding hydrogens is 204 g/mol. The molecule has 5 heteroatoms. The lowest BCUT2D eigenvalue weighted by Gasteiger charge is -2.17. The highest BCUT2D eigenvalue weighted by molar-refractivity contribution is 5.67. The van der Waals surface area contributed by atoms with E-state index in [4.69, 9.17) is 4.42 Å². The quantitative estimate of drug-likeness (QED) is 0.847. The SMILES string of the molecule is CN(C)c1ccncc1NCc1cnco1. The molecule has 2 aromatic rings. The van der Waals surface area contributed by atoms with Gasteiger partial charge in [0.1, 0.15) is 5.76 Å². The van der Waals surface area contributed by atoms with Crippen LogP contribution in [0.15, 0.2) is 35.5 Å². The molecule has 0 bridgehead atoms. The highest BCUT2D eigenvalue weighted by Gasteiger charge is 2.04. The van der Waals surface area contributed by atoms with E-state index in [1.165, 1.54) is 6.39 Å². The molecule has 2 heterocycles. The number of hydrogen-bond acceptors (Lipinski definition) is 5. The largest absolute Gasteiger partial charge is 0.447 e. The monoisotopic (exact) mass is 218 g/mol. The van der Waals surface area contributed by atoms with Crippen molar-refractivity contribution >= 4 is 11.4 Å². The van der Waals surface area contributed by atoms with E-state index in [9.17, 15) is 0 Å². The summed E-state index contributed by atoms with van der Waals surface area (Å²) in [5.41, 5.74) is 2.07. The summed E-state index contributed by atoms with van der Waals surface area (Å²) >= 11 is 0. The zero-order valence-corrected chi connectivity index (χ0v) is 9.34. The van der Waals surface area contributed by atoms with E-state index in [1.54, 1.807) is 18.6 Å². The van der Waals surface area contributed by atoms with Crippen molar-refractivity contribution in [3.63, 3.8) is 0 Å². The Morgan fingerprint density at radius 1 is 1.31 bits per heavy atom. The van der Waals surface area contributed by atoms with Crippen LogP contribution in [0.3, 0.4) is 0 Å². The van der Waals surface area contributed by atoms with Gasteiger partial charge in [0.05, 0.1) is 30.3 Å². The first kappa shape index (κ1) is 10.5. The third-order valence-corrected chi connectivity index (χ3v) is 2.22. The number of hydrogen-bond donors (Lipinski definition) is 1. The van der Waals surface area contributed by atoms with Crippen LogP contribution in [-0.2, 0) is 6.54 Å². The van der Waals surface area contributed by atoms with Crippen molar-refractivity contribution in [2.45, 2.75) is 6.54 Å². The Bertz CT molecular complexity index is 439. The molecule has 1 N–H and O–H groups in total. The molecule has 2 rings (SSSR count). The molecule has 0 aromatic carbocycles. The Morgan fingerprint density at radius 2 is 2.19 bits per heavy atom. The summed E-state index contributed by atoms with van der Waals surface area (Å²) in [5.74, 6) is 0.800. The van der Waals surface area contributed by atoms with Gasteiger partial charge in [-0.2, -0.15) is 0 Å². The van der Waals surface area contributed by atoms with Crippen LogP contribution in [0.2, 0.25) is 0 Å². The first-order valence-electron chi connectivity index (χ1n) is 5.00. The van der Waals surface area contributed by atoms with E-state index in [2.05, 4.69) is 15.3 Å². The Hall–Kier alpha value is -2.04. The molecule has 2 aromatic heterocycles. The van der Waals surface area contributed by atoms with Crippen molar-refractivity contribution in [3.8, 4) is 0 Å². The number of rotatable bonds is 4. The molecule has 0 radical (unpaired) electrons. The lowest BCUT2D eigenvalue weighted by Crippen LogP contribution is -2.12. The van der Waals surface area contributed by atoms with Gasteiger partial charge >= 0.3 is 0 Å². The normalized spacial score (nSPS) is 10.1. The average molecular weight is 218 g/mol. The summed E-state index contributed by atoms with van der Waals surface area (Å²) in [4.78, 5) is 9.98. The molecular formula is C11H14N4O. The van der Waals surface area contributed by atoms with Crippen LogP contribution in [0, 0.1) is 0 Å². The number of anilines is 2. The smallest absolute Gasteiger partial charge is 0.180 e. The fraction of sp³-hybridized carbons (Fsp3) is 0.273. The minimum Gasteiger partial charge on any atom is -0.447 e. The average Bonchev–Trinajstić information content (AvgIpc) is 2.79. The highest BCUT2D eigenvalue weighted by Crippen LogP contribution is 2.22. The van der Waals surface area contributed by atoms with Gasteiger partial charge in [-0.25, -0.2) is 4.98 Å². The molecule has 0 unspecified atom stereocenters. The fourth-order valence-corrected chi connectivity index (χ4v) is 1.43. The van der Waals surface area contributed by atoms with E-state index in [-0.39, 0.29) is 0 Å². The molecule has 84 valence electrons. The van der Waals surface area contributed by atoms with Gasteiger partial charge in [-0.05, 0) is 6.07 Å². The maximum atomic E-state index is 5.15. The molecule has 0 atom stereocenters. The van der Waals surface area contributed by atoms with Crippen LogP contribution >= 0.6 is 0 Å². The predicted molar refractivity (Wildman–Crippen MR) is 62.4 cm³/mol. The summed E-state index contributed by atoms with van der Waals surface area (Å²) < 4.78 is 5.15. The van der Waals surface area contributed by atoms with Gasteiger partial charge < -0.3 is 14.6 Å². The fourth-order valence-electron chi connectivity index (χ4n) is 1.43. The Balaban J connectivity index is 2.09. The van der Waals surface area contributed by atoms with Crippen LogP contribution < -0.4 is 10.2 Å². The predicted octanol–water partition coefficient (Wildman–Crippen LogP) is 1.75. The van der Waals surface area contributed by atoms with Gasteiger partial charge in [0.15, 0.2) is 6.39 Å². The van der Waals surface area contributed by atoms with Gasteiger partial charge in [-0.3, -0.25) is 4.98 Å². The Kier molecular flexibility index (Phi) is 3.05. The third-order valence-electron chi connectivity index (χ3n) is 2.22. The standard InChI is InChI=1S/C11H14N4O/c1-15(2)11-3-4-12-7-10(11)14-6-9-5-13-8-16-9/h3-5,7-8,14H,6H2,1-2H3. The number of nitrogens with zero attached hydrogens (tertiary/aromatic N) is 3. The van der Waals surface area contributed by atoms with Crippen LogP contribution in [0.5, 0.6) is 0 Å². The van der Waals surface area contributed by atoms with E-state index >= 15 is 0 Å². The Labute approximate surface area is 94.1 Å². The van der Waals surface area contributed by atoms with Crippen molar-refractivity contribution in [3.05, 3.63) is 36.8 Å². The molecule has 0 aliphatic carbocycles. The van der Waals surface area contributed by atoms with Crippen LogP contribution in [0.4, 0.5) is 11.4 Å². The van der Waals surface area contributed by atoms with E-state index in [1.807, 2.05) is 25.1 Å². The zero-order chi connectivity index (χ0) is 11.4. The first-order valence-corrected chi connectivity index (χ1v) is 5.00. The highest BCUT2D eigenvalue weighted by atomic mass is 16.3. The van der Waals surface area contributed by atoms with Gasteiger partial charge in [-0.15, -0.1) is 0 Å². The van der Waals surface area contributed by atoms with Crippen molar-refractivity contribution in [1.29, 1.82) is 0 Å². The minimum atomic E-state index is 0.604. The van der Waals surface area contributed by atoms with Crippen LogP contribution in [-0.4, -0.2) is 24.1 Å². The molecule has 0 aliphatic heterocycles. The lowest BCUT2D eigenvalue weighted by atomic mass is 10.3. The summed E-state index contributed by atoms with van der Waals surface area (Å²) in [6, 6.07) is 1.96. The molecule has 0 amide bonds. The molecule has 5 nitrogen and oxygen atoms in total. The Morgan fingerprint density at radius 3 is 2.88 bits per heavy atom. The second-order valence-corrected chi connectivity index (χ2v) is 3.61. The summed E-state index contributed by atoms with van der Waals surface area (Å²) in [6.07, 6.45) is 6.69. The summed E-state index contributed by atoms with van der Waals surface area (Å²) in [5, 5.41) is 3.26. The van der Waals surface area contributed by atoms with Crippen molar-refractivity contribution in [2.24, 2.45) is 0 Å². The van der Waals surface area contributed by atoms with Crippen molar-refractivity contribution in [1.82, 2.24) is 9.97 Å². The molecule has 0 saturated heterocycles. The number of nitrogens with one attached hydrogen (secondary N) is 1. The van der Waals surface area contributed by atoms with E-state index in [0.29, 0.717) is 6.54 Å². The topological polar surface area (TPSA) is 54.2 Å². The van der Waals surface area contributed by atoms with E-state index < -0.39 is 0 Å². The van der Waals surface area contributed by atoms with Crippen molar-refractivity contribution in [2.75, 3.05) is 24.3 Å². The zero-order valence-electron chi connectivity index (χ0n) is 9.34. The van der Waals surface area contributed by atoms with Gasteiger partial charge in [0, 0.05) is 20.3 Å². The summed E-state index contributed by atoms with van der Waals surface area (Å²) in [6.45, 7) is 0.604. The van der Waals surface area contributed by atoms with Gasteiger partial charge in [0.2, 0.25) is 0 Å². The second kappa shape index (κ2) is 4.65. The lowest BCUT2D eigenvalue weighted by molar-refractivity contribution is 0.511. The maximum Gasteiger partial charge on any atom is 0.180 e. The number of oxazole rings is 1. The second-order valence-electron chi connectivity index (χ2n) is 3.61. The number of aromatic nitrogens is 2. The summed E-state index contributed by atoms with van der Waals surface area (Å²) in [7, 11) is 3.99. The maximum absolute atomic E-state index is 5.15. The molecule has 0 aliphatic rings. The number of pyridine rings is 1. The van der Waals surface area contributed by atoms with Gasteiger partial charge in [0.25, 0.3) is 0 Å². The molecule has 16 heavy (non-hydrogen) atoms. The van der Waals surface area contributed by atoms with Crippen molar-refractivity contribution < 1.29 is 4.42 Å². The third kappa shape index (κ3) is 2.31. The first-order chi connectivity index (χ1) is 7.77. The van der Waals surface area contributed by atoms with Gasteiger partial charge in [-0.1, -0.05) is 0 Å². The minimum absolute atomic E-state index is 0.604. The molecule has 0 saturated carbocycles. The van der Waals surface area contributed by atoms with Crippen LogP contribution in [0.25, 0.3) is 0 Å². The molecule has 0 spiro atoms. The van der Waals surface area contributed by atoms with Crippen LogP contribution in [0.1, 0.15) is 5.76 Å². The molecule has 0 fully saturated rings. The van der Waals surface area contributed by atoms with E-state index in [0.717, 1.165) is 17.1 Å².